The molecule has 0 aliphatic rings. The number of nitrogens with one attached hydrogen (secondary N) is 1. The zero-order valence-electron chi connectivity index (χ0n) is 10.2. The van der Waals surface area contributed by atoms with E-state index >= 15 is 0 Å². The third-order valence-corrected chi connectivity index (χ3v) is 3.28. The standard InChI is InChI=1S/C12H13N5S/c1-8(2)14-10-9-3-6-18-11(9)16-12(15-10)17-5-4-13-7-17/h3-8H,1-2H3,(H,14,15,16). The molecule has 0 aliphatic carbocycles. The zero-order valence-corrected chi connectivity index (χ0v) is 11.0. The van der Waals surface area contributed by atoms with Gasteiger partial charge in [0.25, 0.3) is 0 Å². The van der Waals surface area contributed by atoms with Crippen LogP contribution in [0, 0.1) is 0 Å². The Morgan fingerprint density at radius 2 is 2.22 bits per heavy atom. The first-order valence-corrected chi connectivity index (χ1v) is 6.62. The molecule has 0 atom stereocenters. The highest BCUT2D eigenvalue weighted by atomic mass is 32.1. The Kier molecular flexibility index (Phi) is 2.71. The first-order valence-electron chi connectivity index (χ1n) is 5.74. The molecule has 0 aliphatic heterocycles. The molecule has 0 saturated heterocycles. The lowest BCUT2D eigenvalue weighted by atomic mass is 10.3. The zero-order chi connectivity index (χ0) is 12.5. The molecule has 0 spiro atoms. The lowest BCUT2D eigenvalue weighted by Crippen LogP contribution is -2.12. The van der Waals surface area contributed by atoms with E-state index in [0.29, 0.717) is 12.0 Å². The monoisotopic (exact) mass is 259 g/mol. The highest BCUT2D eigenvalue weighted by Gasteiger charge is 2.10. The second kappa shape index (κ2) is 4.38. The molecule has 1 N–H and O–H groups in total. The Balaban J connectivity index is 2.17. The van der Waals surface area contributed by atoms with Crippen LogP contribution in [0.4, 0.5) is 5.82 Å². The van der Waals surface area contributed by atoms with E-state index < -0.39 is 0 Å². The van der Waals surface area contributed by atoms with Crippen LogP contribution in [-0.4, -0.2) is 25.6 Å². The number of anilines is 1. The molecule has 92 valence electrons. The quantitative estimate of drug-likeness (QED) is 0.785. The average molecular weight is 259 g/mol. The fourth-order valence-corrected chi connectivity index (χ4v) is 2.48. The molecule has 0 fully saturated rings. The van der Waals surface area contributed by atoms with Gasteiger partial charge in [-0.15, -0.1) is 11.3 Å². The molecule has 5 nitrogen and oxygen atoms in total. The van der Waals surface area contributed by atoms with Gasteiger partial charge in [-0.3, -0.25) is 4.57 Å². The second-order valence-electron chi connectivity index (χ2n) is 4.28. The average Bonchev–Trinajstić information content (AvgIpc) is 2.99. The maximum absolute atomic E-state index is 4.56. The van der Waals surface area contributed by atoms with E-state index in [2.05, 4.69) is 34.1 Å². The summed E-state index contributed by atoms with van der Waals surface area (Å²) >= 11 is 1.62. The van der Waals surface area contributed by atoms with Crippen LogP contribution in [0.3, 0.4) is 0 Å². The Hall–Kier alpha value is -1.95. The van der Waals surface area contributed by atoms with Gasteiger partial charge >= 0.3 is 0 Å². The van der Waals surface area contributed by atoms with Crippen molar-refractivity contribution in [2.45, 2.75) is 19.9 Å². The van der Waals surface area contributed by atoms with Crippen molar-refractivity contribution in [2.75, 3.05) is 5.32 Å². The fraction of sp³-hybridized carbons (Fsp3) is 0.250. The van der Waals surface area contributed by atoms with Gasteiger partial charge in [-0.2, -0.15) is 4.98 Å². The van der Waals surface area contributed by atoms with E-state index in [1.165, 1.54) is 0 Å². The predicted octanol–water partition coefficient (Wildman–Crippen LogP) is 2.70. The molecule has 0 unspecified atom stereocenters. The predicted molar refractivity (Wildman–Crippen MR) is 73.3 cm³/mol. The van der Waals surface area contributed by atoms with Crippen molar-refractivity contribution in [3.8, 4) is 5.95 Å². The SMILES string of the molecule is CC(C)Nc1nc(-n2ccnc2)nc2sccc12. The van der Waals surface area contributed by atoms with Crippen LogP contribution in [0.25, 0.3) is 16.2 Å². The van der Waals surface area contributed by atoms with Crippen molar-refractivity contribution < 1.29 is 0 Å². The highest BCUT2D eigenvalue weighted by Crippen LogP contribution is 2.26. The Bertz CT molecular complexity index is 656. The molecule has 3 heterocycles. The molecule has 18 heavy (non-hydrogen) atoms. The van der Waals surface area contributed by atoms with E-state index in [4.69, 9.17) is 0 Å². The lowest BCUT2D eigenvalue weighted by molar-refractivity contribution is 0.878. The van der Waals surface area contributed by atoms with Crippen molar-refractivity contribution in [3.05, 3.63) is 30.2 Å². The van der Waals surface area contributed by atoms with Gasteiger partial charge in [-0.1, -0.05) is 0 Å². The van der Waals surface area contributed by atoms with Crippen LogP contribution in [0.15, 0.2) is 30.2 Å². The van der Waals surface area contributed by atoms with Gasteiger partial charge in [0.1, 0.15) is 17.0 Å². The molecule has 0 aromatic carbocycles. The van der Waals surface area contributed by atoms with Crippen molar-refractivity contribution in [1.29, 1.82) is 0 Å². The molecule has 0 bridgehead atoms. The number of hydrogen-bond donors (Lipinski definition) is 1. The molecular formula is C12H13N5S. The smallest absolute Gasteiger partial charge is 0.238 e. The number of aromatic nitrogens is 4. The maximum Gasteiger partial charge on any atom is 0.238 e. The first-order chi connectivity index (χ1) is 8.74. The molecule has 0 radical (unpaired) electrons. The summed E-state index contributed by atoms with van der Waals surface area (Å²) < 4.78 is 1.81. The topological polar surface area (TPSA) is 55.6 Å². The molecule has 3 aromatic heterocycles. The fourth-order valence-electron chi connectivity index (χ4n) is 1.72. The van der Waals surface area contributed by atoms with E-state index in [-0.39, 0.29) is 0 Å². The lowest BCUT2D eigenvalue weighted by Gasteiger charge is -2.11. The van der Waals surface area contributed by atoms with E-state index in [1.807, 2.05) is 22.2 Å². The summed E-state index contributed by atoms with van der Waals surface area (Å²) in [6, 6.07) is 2.38. The Morgan fingerprint density at radius 1 is 1.33 bits per heavy atom. The number of nitrogens with zero attached hydrogens (tertiary/aromatic N) is 4. The molecule has 6 heteroatoms. The second-order valence-corrected chi connectivity index (χ2v) is 5.18. The normalized spacial score (nSPS) is 11.3. The summed E-state index contributed by atoms with van der Waals surface area (Å²) in [5, 5.41) is 6.46. The number of fused-ring (bicyclic) bond motifs is 1. The summed E-state index contributed by atoms with van der Waals surface area (Å²) in [4.78, 5) is 14.1. The summed E-state index contributed by atoms with van der Waals surface area (Å²) in [5.74, 6) is 1.52. The van der Waals surface area contributed by atoms with E-state index in [0.717, 1.165) is 16.0 Å². The van der Waals surface area contributed by atoms with E-state index in [1.54, 1.807) is 23.9 Å². The largest absolute Gasteiger partial charge is 0.367 e. The number of rotatable bonds is 3. The minimum Gasteiger partial charge on any atom is -0.367 e. The van der Waals surface area contributed by atoms with Crippen LogP contribution in [0.5, 0.6) is 0 Å². The molecule has 3 aromatic rings. The van der Waals surface area contributed by atoms with Gasteiger partial charge in [0, 0.05) is 18.4 Å². The number of thiophene rings is 1. The number of imidazole rings is 1. The van der Waals surface area contributed by atoms with Gasteiger partial charge in [0.15, 0.2) is 0 Å². The first kappa shape index (κ1) is 11.2. The van der Waals surface area contributed by atoms with E-state index in [9.17, 15) is 0 Å². The van der Waals surface area contributed by atoms with Gasteiger partial charge in [0.05, 0.1) is 5.39 Å². The molecule has 0 amide bonds. The van der Waals surface area contributed by atoms with Crippen LogP contribution < -0.4 is 5.32 Å². The third kappa shape index (κ3) is 1.95. The minimum atomic E-state index is 0.332. The van der Waals surface area contributed by atoms with Crippen molar-refractivity contribution in [1.82, 2.24) is 19.5 Å². The minimum absolute atomic E-state index is 0.332. The number of hydrogen-bond acceptors (Lipinski definition) is 5. The van der Waals surface area contributed by atoms with Gasteiger partial charge < -0.3 is 5.32 Å². The van der Waals surface area contributed by atoms with Crippen LogP contribution in [0.1, 0.15) is 13.8 Å². The summed E-state index contributed by atoms with van der Waals surface area (Å²) in [6.07, 6.45) is 5.26. The van der Waals surface area contributed by atoms with Crippen LogP contribution in [-0.2, 0) is 0 Å². The Morgan fingerprint density at radius 3 is 2.94 bits per heavy atom. The van der Waals surface area contributed by atoms with Crippen LogP contribution >= 0.6 is 11.3 Å². The molecular weight excluding hydrogens is 246 g/mol. The van der Waals surface area contributed by atoms with Gasteiger partial charge in [0.2, 0.25) is 5.95 Å². The third-order valence-electron chi connectivity index (χ3n) is 2.47. The van der Waals surface area contributed by atoms with Crippen molar-refractivity contribution in [3.63, 3.8) is 0 Å². The molecule has 0 saturated carbocycles. The van der Waals surface area contributed by atoms with Crippen LogP contribution in [0.2, 0.25) is 0 Å². The Labute approximate surface area is 109 Å². The van der Waals surface area contributed by atoms with Gasteiger partial charge in [-0.05, 0) is 25.3 Å². The van der Waals surface area contributed by atoms with Crippen molar-refractivity contribution in [2.24, 2.45) is 0 Å². The summed E-state index contributed by atoms with van der Waals surface area (Å²) in [5.41, 5.74) is 0. The summed E-state index contributed by atoms with van der Waals surface area (Å²) in [7, 11) is 0. The summed E-state index contributed by atoms with van der Waals surface area (Å²) in [6.45, 7) is 4.19. The van der Waals surface area contributed by atoms with Crippen molar-refractivity contribution >= 4 is 27.4 Å². The van der Waals surface area contributed by atoms with Gasteiger partial charge in [-0.25, -0.2) is 9.97 Å². The maximum atomic E-state index is 4.56. The highest BCUT2D eigenvalue weighted by molar-refractivity contribution is 7.16. The molecule has 3 rings (SSSR count).